The van der Waals surface area contributed by atoms with E-state index in [0.29, 0.717) is 12.1 Å². The number of carbonyl (C=O) groups excluding carboxylic acids is 1. The molecular weight excluding hydrogens is 338 g/mol. The molecule has 6 heteroatoms. The molecule has 0 amide bonds. The second-order valence-electron chi connectivity index (χ2n) is 6.00. The van der Waals surface area contributed by atoms with Gasteiger partial charge in [-0.15, -0.1) is 0 Å². The van der Waals surface area contributed by atoms with Gasteiger partial charge in [0.05, 0.1) is 23.3 Å². The molecule has 0 fully saturated rings. The molecule has 0 saturated carbocycles. The number of allylic oxidation sites excluding steroid dienone is 2. The largest absolute Gasteiger partial charge is 0.465 e. The van der Waals surface area contributed by atoms with Gasteiger partial charge in [-0.05, 0) is 66.8 Å². The van der Waals surface area contributed by atoms with Crippen LogP contribution in [0.25, 0.3) is 5.57 Å². The van der Waals surface area contributed by atoms with Gasteiger partial charge in [-0.1, -0.05) is 18.2 Å². The smallest absolute Gasteiger partial charge is 0.337 e. The minimum absolute atomic E-state index is 0.0207. The van der Waals surface area contributed by atoms with Gasteiger partial charge in [-0.3, -0.25) is 4.72 Å². The van der Waals surface area contributed by atoms with E-state index in [1.807, 2.05) is 19.9 Å². The number of hydrogen-bond donors (Lipinski definition) is 1. The molecule has 3 rings (SSSR count). The Kier molecular flexibility index (Phi) is 4.39. The standard InChI is InChI=1S/C19H19NO4S/c1-12-7-9-16-17(10-8-13(2)18(12)16)20-25(22,23)15-6-4-5-14(11-15)19(21)24-3/h4-8,10-11,20H,9H2,1-3H3. The molecule has 5 nitrogen and oxygen atoms in total. The first-order valence-corrected chi connectivity index (χ1v) is 9.32. The summed E-state index contributed by atoms with van der Waals surface area (Å²) < 4.78 is 32.8. The van der Waals surface area contributed by atoms with Crippen molar-refractivity contribution in [2.75, 3.05) is 11.8 Å². The number of esters is 1. The SMILES string of the molecule is COC(=O)c1cccc(S(=O)(=O)Nc2ccc(C)c3c2CC=C3C)c1. The second-order valence-corrected chi connectivity index (χ2v) is 7.68. The van der Waals surface area contributed by atoms with Gasteiger partial charge in [-0.2, -0.15) is 0 Å². The van der Waals surface area contributed by atoms with Crippen LogP contribution in [0.4, 0.5) is 5.69 Å². The van der Waals surface area contributed by atoms with Crippen molar-refractivity contribution >= 4 is 27.3 Å². The van der Waals surface area contributed by atoms with Crippen LogP contribution >= 0.6 is 0 Å². The summed E-state index contributed by atoms with van der Waals surface area (Å²) >= 11 is 0. The highest BCUT2D eigenvalue weighted by Gasteiger charge is 2.22. The summed E-state index contributed by atoms with van der Waals surface area (Å²) in [6, 6.07) is 9.49. The van der Waals surface area contributed by atoms with Crippen molar-refractivity contribution in [3.05, 3.63) is 64.7 Å². The van der Waals surface area contributed by atoms with Crippen molar-refractivity contribution < 1.29 is 17.9 Å². The normalized spacial score (nSPS) is 13.2. The van der Waals surface area contributed by atoms with E-state index in [-0.39, 0.29) is 10.5 Å². The molecule has 0 atom stereocenters. The van der Waals surface area contributed by atoms with Gasteiger partial charge in [0.2, 0.25) is 0 Å². The Hall–Kier alpha value is -2.60. The van der Waals surface area contributed by atoms with Crippen molar-refractivity contribution in [1.82, 2.24) is 0 Å². The van der Waals surface area contributed by atoms with Gasteiger partial charge >= 0.3 is 5.97 Å². The number of nitrogens with one attached hydrogen (secondary N) is 1. The number of aryl methyl sites for hydroxylation is 1. The fourth-order valence-electron chi connectivity index (χ4n) is 3.09. The van der Waals surface area contributed by atoms with E-state index in [2.05, 4.69) is 15.5 Å². The van der Waals surface area contributed by atoms with Gasteiger partial charge < -0.3 is 4.74 Å². The first kappa shape index (κ1) is 17.2. The van der Waals surface area contributed by atoms with E-state index >= 15 is 0 Å². The molecule has 0 saturated heterocycles. The summed E-state index contributed by atoms with van der Waals surface area (Å²) in [4.78, 5) is 11.7. The lowest BCUT2D eigenvalue weighted by atomic mass is 9.99. The predicted octanol–water partition coefficient (Wildman–Crippen LogP) is 3.54. The molecule has 1 aliphatic carbocycles. The van der Waals surface area contributed by atoms with Crippen LogP contribution in [0.15, 0.2) is 47.4 Å². The lowest BCUT2D eigenvalue weighted by Gasteiger charge is -2.15. The van der Waals surface area contributed by atoms with E-state index in [4.69, 9.17) is 0 Å². The lowest BCUT2D eigenvalue weighted by molar-refractivity contribution is 0.0600. The molecule has 1 aliphatic rings. The molecular formula is C19H19NO4S. The molecule has 1 N–H and O–H groups in total. The van der Waals surface area contributed by atoms with Crippen LogP contribution in [0.2, 0.25) is 0 Å². The van der Waals surface area contributed by atoms with Gasteiger partial charge in [0.25, 0.3) is 10.0 Å². The van der Waals surface area contributed by atoms with E-state index in [0.717, 1.165) is 22.3 Å². The average molecular weight is 357 g/mol. The quantitative estimate of drug-likeness (QED) is 0.850. The fourth-order valence-corrected chi connectivity index (χ4v) is 4.23. The van der Waals surface area contributed by atoms with Crippen LogP contribution in [0.3, 0.4) is 0 Å². The number of methoxy groups -OCH3 is 1. The second kappa shape index (κ2) is 6.37. The zero-order chi connectivity index (χ0) is 18.2. The van der Waals surface area contributed by atoms with Crippen LogP contribution in [-0.4, -0.2) is 21.5 Å². The third-order valence-corrected chi connectivity index (χ3v) is 5.70. The minimum atomic E-state index is -3.81. The number of hydrogen-bond acceptors (Lipinski definition) is 4. The molecule has 0 aromatic heterocycles. The fraction of sp³-hybridized carbons (Fsp3) is 0.211. The van der Waals surface area contributed by atoms with Gasteiger partial charge in [0.15, 0.2) is 0 Å². The third kappa shape index (κ3) is 3.17. The van der Waals surface area contributed by atoms with Crippen LogP contribution < -0.4 is 4.72 Å². The lowest BCUT2D eigenvalue weighted by Crippen LogP contribution is -2.15. The van der Waals surface area contributed by atoms with Crippen molar-refractivity contribution in [2.45, 2.75) is 25.2 Å². The number of benzene rings is 2. The molecule has 0 spiro atoms. The highest BCUT2D eigenvalue weighted by molar-refractivity contribution is 7.92. The first-order chi connectivity index (χ1) is 11.8. The van der Waals surface area contributed by atoms with E-state index in [1.54, 1.807) is 6.07 Å². The van der Waals surface area contributed by atoms with Crippen LogP contribution in [0, 0.1) is 6.92 Å². The van der Waals surface area contributed by atoms with Crippen molar-refractivity contribution in [1.29, 1.82) is 0 Å². The minimum Gasteiger partial charge on any atom is -0.465 e. The molecule has 130 valence electrons. The van der Waals surface area contributed by atoms with E-state index in [9.17, 15) is 13.2 Å². The van der Waals surface area contributed by atoms with E-state index < -0.39 is 16.0 Å². The van der Waals surface area contributed by atoms with Crippen molar-refractivity contribution in [2.24, 2.45) is 0 Å². The Bertz CT molecular complexity index is 990. The average Bonchev–Trinajstić information content (AvgIpc) is 2.99. The molecule has 0 radical (unpaired) electrons. The molecule has 25 heavy (non-hydrogen) atoms. The number of fused-ring (bicyclic) bond motifs is 1. The number of rotatable bonds is 4. The maximum Gasteiger partial charge on any atom is 0.337 e. The zero-order valence-electron chi connectivity index (χ0n) is 14.3. The molecule has 0 unspecified atom stereocenters. The molecule has 2 aromatic rings. The molecule has 0 aliphatic heterocycles. The third-order valence-electron chi connectivity index (χ3n) is 4.34. The van der Waals surface area contributed by atoms with Crippen LogP contribution in [0.5, 0.6) is 0 Å². The van der Waals surface area contributed by atoms with Crippen LogP contribution in [0.1, 0.15) is 34.0 Å². The Labute approximate surface area is 147 Å². The van der Waals surface area contributed by atoms with Crippen molar-refractivity contribution in [3.63, 3.8) is 0 Å². The summed E-state index contributed by atoms with van der Waals surface area (Å²) in [7, 11) is -2.55. The summed E-state index contributed by atoms with van der Waals surface area (Å²) in [5.41, 5.74) is 5.11. The Morgan fingerprint density at radius 3 is 2.64 bits per heavy atom. The summed E-state index contributed by atoms with van der Waals surface area (Å²) in [6.45, 7) is 4.04. The van der Waals surface area contributed by atoms with Crippen LogP contribution in [-0.2, 0) is 21.2 Å². The molecule has 2 aromatic carbocycles. The summed E-state index contributed by atoms with van der Waals surface area (Å²) in [6.07, 6.45) is 2.79. The summed E-state index contributed by atoms with van der Waals surface area (Å²) in [5, 5.41) is 0. The number of carbonyl (C=O) groups is 1. The Balaban J connectivity index is 1.98. The number of ether oxygens (including phenoxy) is 1. The summed E-state index contributed by atoms with van der Waals surface area (Å²) in [5.74, 6) is -0.576. The van der Waals surface area contributed by atoms with Gasteiger partial charge in [0.1, 0.15) is 0 Å². The zero-order valence-corrected chi connectivity index (χ0v) is 15.1. The molecule has 0 bridgehead atoms. The van der Waals surface area contributed by atoms with Gasteiger partial charge in [0, 0.05) is 0 Å². The molecule has 0 heterocycles. The number of sulfonamides is 1. The van der Waals surface area contributed by atoms with Crippen molar-refractivity contribution in [3.8, 4) is 0 Å². The highest BCUT2D eigenvalue weighted by Crippen LogP contribution is 2.35. The monoisotopic (exact) mass is 357 g/mol. The topological polar surface area (TPSA) is 72.5 Å². The predicted molar refractivity (Wildman–Crippen MR) is 97.1 cm³/mol. The Morgan fingerprint density at radius 2 is 1.92 bits per heavy atom. The number of anilines is 1. The first-order valence-electron chi connectivity index (χ1n) is 7.84. The van der Waals surface area contributed by atoms with Gasteiger partial charge in [-0.25, -0.2) is 13.2 Å². The maximum absolute atomic E-state index is 12.8. The maximum atomic E-state index is 12.8. The Morgan fingerprint density at radius 1 is 1.16 bits per heavy atom. The van der Waals surface area contributed by atoms with E-state index in [1.165, 1.54) is 31.4 Å². The highest BCUT2D eigenvalue weighted by atomic mass is 32.2.